The number of aliphatic hydroxyl groups is 1. The standard InChI is InChI=1S/C16H12F4O/c17-14-3-1-2-13-12(14)8-9-15(13,21)10-4-6-11(7-5-10)16(18,19)20/h1-7,21H,8-9H2. The molecule has 0 aliphatic heterocycles. The summed E-state index contributed by atoms with van der Waals surface area (Å²) >= 11 is 0. The molecule has 21 heavy (non-hydrogen) atoms. The van der Waals surface area contributed by atoms with Crippen molar-refractivity contribution in [3.8, 4) is 0 Å². The number of fused-ring (bicyclic) bond motifs is 1. The topological polar surface area (TPSA) is 20.2 Å². The van der Waals surface area contributed by atoms with Gasteiger partial charge < -0.3 is 5.11 Å². The molecule has 0 amide bonds. The van der Waals surface area contributed by atoms with Gasteiger partial charge in [0.25, 0.3) is 0 Å². The van der Waals surface area contributed by atoms with Crippen LogP contribution in [0.5, 0.6) is 0 Å². The molecule has 0 aromatic heterocycles. The van der Waals surface area contributed by atoms with E-state index in [1.54, 1.807) is 6.07 Å². The molecule has 3 rings (SSSR count). The molecule has 0 saturated carbocycles. The van der Waals surface area contributed by atoms with Crippen LogP contribution in [0.15, 0.2) is 42.5 Å². The smallest absolute Gasteiger partial charge is 0.380 e. The monoisotopic (exact) mass is 296 g/mol. The van der Waals surface area contributed by atoms with Gasteiger partial charge in [0.05, 0.1) is 5.56 Å². The summed E-state index contributed by atoms with van der Waals surface area (Å²) in [7, 11) is 0. The average molecular weight is 296 g/mol. The van der Waals surface area contributed by atoms with Crippen LogP contribution in [-0.2, 0) is 18.2 Å². The molecule has 0 radical (unpaired) electrons. The van der Waals surface area contributed by atoms with Gasteiger partial charge in [0.15, 0.2) is 0 Å². The number of hydrogen-bond donors (Lipinski definition) is 1. The molecule has 0 fully saturated rings. The summed E-state index contributed by atoms with van der Waals surface area (Å²) in [4.78, 5) is 0. The van der Waals surface area contributed by atoms with E-state index in [0.29, 0.717) is 23.1 Å². The first-order chi connectivity index (χ1) is 9.82. The molecular formula is C16H12F4O. The van der Waals surface area contributed by atoms with E-state index in [0.717, 1.165) is 12.1 Å². The highest BCUT2D eigenvalue weighted by Crippen LogP contribution is 2.43. The second-order valence-electron chi connectivity index (χ2n) is 5.20. The molecule has 1 aliphatic rings. The number of benzene rings is 2. The van der Waals surface area contributed by atoms with Gasteiger partial charge in [-0.3, -0.25) is 0 Å². The van der Waals surface area contributed by atoms with E-state index in [-0.39, 0.29) is 6.42 Å². The minimum Gasteiger partial charge on any atom is -0.380 e. The summed E-state index contributed by atoms with van der Waals surface area (Å²) in [5, 5.41) is 10.8. The van der Waals surface area contributed by atoms with Gasteiger partial charge in [0.2, 0.25) is 0 Å². The quantitative estimate of drug-likeness (QED) is 0.788. The van der Waals surface area contributed by atoms with Crippen molar-refractivity contribution in [2.75, 3.05) is 0 Å². The number of hydrogen-bond acceptors (Lipinski definition) is 1. The lowest BCUT2D eigenvalue weighted by Gasteiger charge is -2.25. The predicted octanol–water partition coefficient (Wildman–Crippen LogP) is 4.03. The highest BCUT2D eigenvalue weighted by Gasteiger charge is 2.40. The molecule has 1 atom stereocenters. The molecule has 0 saturated heterocycles. The second kappa shape index (κ2) is 4.56. The Morgan fingerprint density at radius 2 is 1.67 bits per heavy atom. The first-order valence-electron chi connectivity index (χ1n) is 6.50. The molecule has 2 aromatic rings. The first kappa shape index (κ1) is 14.1. The third-order valence-corrected chi connectivity index (χ3v) is 3.99. The average Bonchev–Trinajstić information content (AvgIpc) is 2.79. The minimum atomic E-state index is -4.42. The van der Waals surface area contributed by atoms with Crippen molar-refractivity contribution in [3.05, 3.63) is 70.5 Å². The molecule has 1 aliphatic carbocycles. The SMILES string of the molecule is OC1(c2ccc(C(F)(F)F)cc2)CCc2c(F)cccc21. The van der Waals surface area contributed by atoms with E-state index < -0.39 is 23.2 Å². The van der Waals surface area contributed by atoms with Crippen LogP contribution in [0.2, 0.25) is 0 Å². The number of rotatable bonds is 1. The maximum atomic E-state index is 13.7. The number of halogens is 4. The van der Waals surface area contributed by atoms with Gasteiger partial charge >= 0.3 is 6.18 Å². The fourth-order valence-corrected chi connectivity index (χ4v) is 2.88. The highest BCUT2D eigenvalue weighted by molar-refractivity contribution is 5.46. The zero-order chi connectivity index (χ0) is 15.3. The summed E-state index contributed by atoms with van der Waals surface area (Å²) < 4.78 is 51.4. The van der Waals surface area contributed by atoms with Crippen LogP contribution in [0.4, 0.5) is 17.6 Å². The van der Waals surface area contributed by atoms with Crippen LogP contribution in [0.3, 0.4) is 0 Å². The molecule has 0 heterocycles. The van der Waals surface area contributed by atoms with Crippen molar-refractivity contribution in [1.29, 1.82) is 0 Å². The van der Waals surface area contributed by atoms with Crippen molar-refractivity contribution in [2.24, 2.45) is 0 Å². The lowest BCUT2D eigenvalue weighted by Crippen LogP contribution is -2.24. The van der Waals surface area contributed by atoms with Gasteiger partial charge in [-0.05, 0) is 47.7 Å². The fraction of sp³-hybridized carbons (Fsp3) is 0.250. The van der Waals surface area contributed by atoms with Crippen LogP contribution >= 0.6 is 0 Å². The van der Waals surface area contributed by atoms with Crippen LogP contribution in [-0.4, -0.2) is 5.11 Å². The Labute approximate surface area is 118 Å². The van der Waals surface area contributed by atoms with Gasteiger partial charge in [-0.15, -0.1) is 0 Å². The minimum absolute atomic E-state index is 0.259. The summed E-state index contributed by atoms with van der Waals surface area (Å²) in [6.45, 7) is 0. The second-order valence-corrected chi connectivity index (χ2v) is 5.20. The van der Waals surface area contributed by atoms with Crippen LogP contribution in [0, 0.1) is 5.82 Å². The van der Waals surface area contributed by atoms with Crippen molar-refractivity contribution in [1.82, 2.24) is 0 Å². The first-order valence-corrected chi connectivity index (χ1v) is 6.50. The van der Waals surface area contributed by atoms with Gasteiger partial charge in [0, 0.05) is 0 Å². The molecule has 0 bridgehead atoms. The van der Waals surface area contributed by atoms with Crippen molar-refractivity contribution in [3.63, 3.8) is 0 Å². The Balaban J connectivity index is 2.04. The Bertz CT molecular complexity index is 676. The fourth-order valence-electron chi connectivity index (χ4n) is 2.88. The zero-order valence-electron chi connectivity index (χ0n) is 10.9. The van der Waals surface area contributed by atoms with E-state index in [4.69, 9.17) is 0 Å². The third-order valence-electron chi connectivity index (χ3n) is 3.99. The normalized spacial score (nSPS) is 21.4. The maximum absolute atomic E-state index is 13.7. The predicted molar refractivity (Wildman–Crippen MR) is 69.2 cm³/mol. The van der Waals surface area contributed by atoms with Crippen LogP contribution in [0.1, 0.15) is 28.7 Å². The highest BCUT2D eigenvalue weighted by atomic mass is 19.4. The van der Waals surface area contributed by atoms with E-state index in [1.807, 2.05) is 0 Å². The summed E-state index contributed by atoms with van der Waals surface area (Å²) in [6, 6.07) is 8.80. The zero-order valence-corrected chi connectivity index (χ0v) is 10.9. The number of alkyl halides is 3. The Kier molecular flexibility index (Phi) is 3.06. The molecule has 1 N–H and O–H groups in total. The molecule has 110 valence electrons. The summed E-state index contributed by atoms with van der Waals surface area (Å²) in [5.74, 6) is -0.393. The molecule has 1 nitrogen and oxygen atoms in total. The Morgan fingerprint density at radius 3 is 2.29 bits per heavy atom. The van der Waals surface area contributed by atoms with Gasteiger partial charge in [-0.1, -0.05) is 24.3 Å². The van der Waals surface area contributed by atoms with E-state index in [2.05, 4.69) is 0 Å². The molecule has 0 spiro atoms. The van der Waals surface area contributed by atoms with Gasteiger partial charge in [-0.25, -0.2) is 4.39 Å². The summed E-state index contributed by atoms with van der Waals surface area (Å²) in [6.07, 6.45) is -3.80. The van der Waals surface area contributed by atoms with Gasteiger partial charge in [-0.2, -0.15) is 13.2 Å². The van der Waals surface area contributed by atoms with E-state index in [1.165, 1.54) is 24.3 Å². The van der Waals surface area contributed by atoms with E-state index in [9.17, 15) is 22.7 Å². The van der Waals surface area contributed by atoms with Crippen molar-refractivity contribution >= 4 is 0 Å². The Morgan fingerprint density at radius 1 is 1.00 bits per heavy atom. The summed E-state index contributed by atoms with van der Waals surface area (Å²) in [5.41, 5.74) is -0.990. The Hall–Kier alpha value is -1.88. The van der Waals surface area contributed by atoms with Crippen molar-refractivity contribution in [2.45, 2.75) is 24.6 Å². The molecule has 2 aromatic carbocycles. The lowest BCUT2D eigenvalue weighted by atomic mass is 9.87. The van der Waals surface area contributed by atoms with E-state index >= 15 is 0 Å². The van der Waals surface area contributed by atoms with Gasteiger partial charge in [0.1, 0.15) is 11.4 Å². The maximum Gasteiger partial charge on any atom is 0.416 e. The molecule has 1 unspecified atom stereocenters. The third kappa shape index (κ3) is 2.21. The molecular weight excluding hydrogens is 284 g/mol. The molecule has 5 heteroatoms. The largest absolute Gasteiger partial charge is 0.416 e. The van der Waals surface area contributed by atoms with Crippen LogP contribution in [0.25, 0.3) is 0 Å². The lowest BCUT2D eigenvalue weighted by molar-refractivity contribution is -0.137. The van der Waals surface area contributed by atoms with Crippen molar-refractivity contribution < 1.29 is 22.7 Å². The van der Waals surface area contributed by atoms with Crippen LogP contribution < -0.4 is 0 Å².